The first-order valence-electron chi connectivity index (χ1n) is 5.98. The second-order valence-corrected chi connectivity index (χ2v) is 6.22. The summed E-state index contributed by atoms with van der Waals surface area (Å²) in [4.78, 5) is 20.8. The average molecular weight is 336 g/mol. The molecule has 0 saturated carbocycles. The lowest BCUT2D eigenvalue weighted by molar-refractivity contribution is -0.387. The molecule has 0 heterocycles. The molecule has 0 bridgehead atoms. The van der Waals surface area contributed by atoms with Gasteiger partial charge in [-0.05, 0) is 18.6 Å². The highest BCUT2D eigenvalue weighted by molar-refractivity contribution is 7.89. The third-order valence-corrected chi connectivity index (χ3v) is 4.09. The van der Waals surface area contributed by atoms with Crippen LogP contribution in [0.3, 0.4) is 0 Å². The lowest BCUT2D eigenvalue weighted by atomic mass is 10.3. The predicted molar refractivity (Wildman–Crippen MR) is 76.6 cm³/mol. The van der Waals surface area contributed by atoms with E-state index in [1.807, 2.05) is 11.6 Å². The highest BCUT2D eigenvalue weighted by atomic mass is 35.5. The number of hydrogen-bond acceptors (Lipinski definition) is 5. The Morgan fingerprint density at radius 2 is 2.10 bits per heavy atom. The standard InChI is InChI=1S/C11H14ClN3O5S/c1-2-5-13-11(16)7-14-21(19,20)10-4-3-8(12)6-9(10)15(17)18/h3-4,6,14H,2,5,7H2,1H3,(H,13,16). The molecule has 1 aromatic carbocycles. The largest absolute Gasteiger partial charge is 0.355 e. The van der Waals surface area contributed by atoms with Crippen LogP contribution in [-0.4, -0.2) is 32.3 Å². The Balaban J connectivity index is 2.93. The number of benzene rings is 1. The fraction of sp³-hybridized carbons (Fsp3) is 0.364. The quantitative estimate of drug-likeness (QED) is 0.570. The summed E-state index contributed by atoms with van der Waals surface area (Å²) in [6.45, 7) is 1.77. The van der Waals surface area contributed by atoms with Gasteiger partial charge < -0.3 is 5.32 Å². The first-order chi connectivity index (χ1) is 9.77. The van der Waals surface area contributed by atoms with Crippen LogP contribution in [-0.2, 0) is 14.8 Å². The first kappa shape index (κ1) is 17.3. The molecule has 2 N–H and O–H groups in total. The summed E-state index contributed by atoms with van der Waals surface area (Å²) < 4.78 is 26.0. The molecule has 1 aromatic rings. The van der Waals surface area contributed by atoms with Crippen LogP contribution in [0.1, 0.15) is 13.3 Å². The number of nitrogens with zero attached hydrogens (tertiary/aromatic N) is 1. The zero-order chi connectivity index (χ0) is 16.0. The molecular formula is C11H14ClN3O5S. The number of nitro benzene ring substituents is 1. The minimum atomic E-state index is -4.18. The van der Waals surface area contributed by atoms with Gasteiger partial charge in [-0.1, -0.05) is 18.5 Å². The van der Waals surface area contributed by atoms with E-state index >= 15 is 0 Å². The fourth-order valence-corrected chi connectivity index (χ4v) is 2.72. The van der Waals surface area contributed by atoms with Crippen LogP contribution in [0.5, 0.6) is 0 Å². The highest BCUT2D eigenvalue weighted by Crippen LogP contribution is 2.26. The van der Waals surface area contributed by atoms with Gasteiger partial charge in [0, 0.05) is 17.6 Å². The van der Waals surface area contributed by atoms with Crippen molar-refractivity contribution in [3.05, 3.63) is 33.3 Å². The van der Waals surface area contributed by atoms with Gasteiger partial charge in [-0.15, -0.1) is 0 Å². The Morgan fingerprint density at radius 3 is 2.67 bits per heavy atom. The number of hydrogen-bond donors (Lipinski definition) is 2. The van der Waals surface area contributed by atoms with Gasteiger partial charge in [0.1, 0.15) is 0 Å². The van der Waals surface area contributed by atoms with Gasteiger partial charge in [0.25, 0.3) is 5.69 Å². The number of carbonyl (C=O) groups is 1. The Morgan fingerprint density at radius 1 is 1.43 bits per heavy atom. The molecule has 1 rings (SSSR count). The molecule has 0 atom stereocenters. The molecule has 116 valence electrons. The molecule has 21 heavy (non-hydrogen) atoms. The molecule has 0 aromatic heterocycles. The summed E-state index contributed by atoms with van der Waals surface area (Å²) in [6, 6.07) is 3.18. The average Bonchev–Trinajstić information content (AvgIpc) is 2.42. The second kappa shape index (κ2) is 7.34. The number of sulfonamides is 1. The van der Waals surface area contributed by atoms with E-state index in [4.69, 9.17) is 11.6 Å². The third kappa shape index (κ3) is 4.96. The summed E-state index contributed by atoms with van der Waals surface area (Å²) in [7, 11) is -4.18. The van der Waals surface area contributed by atoms with Gasteiger partial charge in [0.15, 0.2) is 4.90 Å². The second-order valence-electron chi connectivity index (χ2n) is 4.04. The molecular weight excluding hydrogens is 322 g/mol. The van der Waals surface area contributed by atoms with Crippen molar-refractivity contribution in [2.24, 2.45) is 0 Å². The Hall–Kier alpha value is -1.71. The first-order valence-corrected chi connectivity index (χ1v) is 7.84. The SMILES string of the molecule is CCCNC(=O)CNS(=O)(=O)c1ccc(Cl)cc1[N+](=O)[O-]. The van der Waals surface area contributed by atoms with E-state index in [1.165, 1.54) is 6.07 Å². The zero-order valence-corrected chi connectivity index (χ0v) is 12.7. The van der Waals surface area contributed by atoms with E-state index < -0.39 is 38.0 Å². The van der Waals surface area contributed by atoms with E-state index in [1.54, 1.807) is 0 Å². The third-order valence-electron chi connectivity index (χ3n) is 2.40. The monoisotopic (exact) mass is 335 g/mol. The van der Waals surface area contributed by atoms with Crippen LogP contribution in [0.15, 0.2) is 23.1 Å². The fourth-order valence-electron chi connectivity index (χ4n) is 1.43. The summed E-state index contributed by atoms with van der Waals surface area (Å²) in [5.74, 6) is -0.517. The Bertz CT molecular complexity index is 647. The van der Waals surface area contributed by atoms with Gasteiger partial charge in [-0.25, -0.2) is 13.1 Å². The summed E-state index contributed by atoms with van der Waals surface area (Å²) in [5.41, 5.74) is -0.649. The van der Waals surface area contributed by atoms with Crippen LogP contribution in [0.2, 0.25) is 5.02 Å². The summed E-state index contributed by atoms with van der Waals surface area (Å²) >= 11 is 5.61. The van der Waals surface area contributed by atoms with E-state index in [0.717, 1.165) is 12.1 Å². The minimum Gasteiger partial charge on any atom is -0.355 e. The van der Waals surface area contributed by atoms with Gasteiger partial charge in [0.2, 0.25) is 15.9 Å². The Kier molecular flexibility index (Phi) is 6.06. The van der Waals surface area contributed by atoms with E-state index in [0.29, 0.717) is 13.0 Å². The van der Waals surface area contributed by atoms with Gasteiger partial charge in [-0.3, -0.25) is 14.9 Å². The maximum atomic E-state index is 12.0. The molecule has 0 saturated heterocycles. The van der Waals surface area contributed by atoms with Crippen molar-refractivity contribution >= 4 is 33.2 Å². The number of carbonyl (C=O) groups excluding carboxylic acids is 1. The molecule has 0 spiro atoms. The molecule has 0 aliphatic heterocycles. The van der Waals surface area contributed by atoms with Crippen LogP contribution < -0.4 is 10.0 Å². The smallest absolute Gasteiger partial charge is 0.290 e. The normalized spacial score (nSPS) is 11.1. The lowest BCUT2D eigenvalue weighted by Gasteiger charge is -2.08. The molecule has 8 nitrogen and oxygen atoms in total. The number of rotatable bonds is 7. The maximum Gasteiger partial charge on any atom is 0.290 e. The van der Waals surface area contributed by atoms with Crippen molar-refractivity contribution in [3.63, 3.8) is 0 Å². The zero-order valence-electron chi connectivity index (χ0n) is 11.1. The molecule has 0 fully saturated rings. The van der Waals surface area contributed by atoms with Gasteiger partial charge >= 0.3 is 0 Å². The van der Waals surface area contributed by atoms with Gasteiger partial charge in [0.05, 0.1) is 11.5 Å². The van der Waals surface area contributed by atoms with E-state index in [2.05, 4.69) is 5.32 Å². The van der Waals surface area contributed by atoms with Crippen LogP contribution in [0.4, 0.5) is 5.69 Å². The van der Waals surface area contributed by atoms with E-state index in [-0.39, 0.29) is 5.02 Å². The topological polar surface area (TPSA) is 118 Å². The molecule has 10 heteroatoms. The molecule has 0 aliphatic rings. The summed E-state index contributed by atoms with van der Waals surface area (Å²) in [5, 5.41) is 13.4. The van der Waals surface area contributed by atoms with Gasteiger partial charge in [-0.2, -0.15) is 0 Å². The number of nitrogens with one attached hydrogen (secondary N) is 2. The number of halogens is 1. The van der Waals surface area contributed by atoms with Crippen LogP contribution in [0.25, 0.3) is 0 Å². The molecule has 0 radical (unpaired) electrons. The number of nitro groups is 1. The highest BCUT2D eigenvalue weighted by Gasteiger charge is 2.26. The number of amides is 1. The van der Waals surface area contributed by atoms with Crippen molar-refractivity contribution < 1.29 is 18.1 Å². The van der Waals surface area contributed by atoms with Crippen LogP contribution >= 0.6 is 11.6 Å². The molecule has 0 aliphatic carbocycles. The predicted octanol–water partition coefficient (Wildman–Crippen LogP) is 1.05. The van der Waals surface area contributed by atoms with Crippen molar-refractivity contribution in [3.8, 4) is 0 Å². The summed E-state index contributed by atoms with van der Waals surface area (Å²) in [6.07, 6.45) is 0.709. The van der Waals surface area contributed by atoms with E-state index in [9.17, 15) is 23.3 Å². The van der Waals surface area contributed by atoms with Crippen molar-refractivity contribution in [1.29, 1.82) is 0 Å². The van der Waals surface area contributed by atoms with Crippen molar-refractivity contribution in [1.82, 2.24) is 10.0 Å². The molecule has 0 unspecified atom stereocenters. The van der Waals surface area contributed by atoms with Crippen LogP contribution in [0, 0.1) is 10.1 Å². The van der Waals surface area contributed by atoms with Crippen molar-refractivity contribution in [2.45, 2.75) is 18.2 Å². The lowest BCUT2D eigenvalue weighted by Crippen LogP contribution is -2.37. The minimum absolute atomic E-state index is 0.0429. The Labute approximate surface area is 126 Å². The maximum absolute atomic E-state index is 12.0. The van der Waals surface area contributed by atoms with Crippen molar-refractivity contribution in [2.75, 3.05) is 13.1 Å². The molecule has 1 amide bonds.